The summed E-state index contributed by atoms with van der Waals surface area (Å²) < 4.78 is 11.1. The summed E-state index contributed by atoms with van der Waals surface area (Å²) in [6.45, 7) is 7.28. The zero-order chi connectivity index (χ0) is 23.5. The third-order valence-corrected chi connectivity index (χ3v) is 7.18. The van der Waals surface area contributed by atoms with E-state index in [1.807, 2.05) is 0 Å². The maximum Gasteiger partial charge on any atom is 0.223 e. The van der Waals surface area contributed by atoms with Crippen molar-refractivity contribution in [3.63, 3.8) is 0 Å². The highest BCUT2D eigenvalue weighted by molar-refractivity contribution is 6.12. The second-order valence-electron chi connectivity index (χ2n) is 9.38. The van der Waals surface area contributed by atoms with Crippen molar-refractivity contribution in [2.24, 2.45) is 0 Å². The Bertz CT molecular complexity index is 1160. The first-order valence-corrected chi connectivity index (χ1v) is 12.4. The van der Waals surface area contributed by atoms with E-state index in [0.717, 1.165) is 29.7 Å². The summed E-state index contributed by atoms with van der Waals surface area (Å²) in [6, 6.07) is 11.2. The van der Waals surface area contributed by atoms with Crippen LogP contribution in [0.1, 0.15) is 69.1 Å². The summed E-state index contributed by atoms with van der Waals surface area (Å²) in [4.78, 5) is 14.4. The zero-order valence-electron chi connectivity index (χ0n) is 20.8. The SMILES string of the molecule is CCCCCC.COc1cc2c3c(c4ccc(C)cc4c2cc1OC)C[C@@H]1CCC(=O)N1C3. The summed E-state index contributed by atoms with van der Waals surface area (Å²) in [5.41, 5.74) is 3.89. The molecule has 33 heavy (non-hydrogen) atoms. The second kappa shape index (κ2) is 10.0. The smallest absolute Gasteiger partial charge is 0.223 e. The van der Waals surface area contributed by atoms with Crippen molar-refractivity contribution in [2.45, 2.75) is 78.3 Å². The number of fused-ring (bicyclic) bond motifs is 7. The fraction of sp³-hybridized carbons (Fsp3) is 0.483. The van der Waals surface area contributed by atoms with Gasteiger partial charge in [-0.2, -0.15) is 0 Å². The number of hydrogen-bond acceptors (Lipinski definition) is 3. The minimum absolute atomic E-state index is 0.281. The van der Waals surface area contributed by atoms with Crippen LogP contribution in [0.5, 0.6) is 11.5 Å². The molecule has 1 saturated heterocycles. The highest BCUT2D eigenvalue weighted by Gasteiger charge is 2.36. The van der Waals surface area contributed by atoms with Crippen LogP contribution in [0.3, 0.4) is 0 Å². The van der Waals surface area contributed by atoms with Crippen molar-refractivity contribution in [3.8, 4) is 11.5 Å². The molecular formula is C29H37NO3. The predicted molar refractivity (Wildman–Crippen MR) is 136 cm³/mol. The van der Waals surface area contributed by atoms with Crippen LogP contribution in [0.2, 0.25) is 0 Å². The molecule has 4 nitrogen and oxygen atoms in total. The van der Waals surface area contributed by atoms with Gasteiger partial charge in [0.05, 0.1) is 14.2 Å². The largest absolute Gasteiger partial charge is 0.493 e. The minimum atomic E-state index is 0.281. The number of unbranched alkanes of at least 4 members (excludes halogenated alkanes) is 3. The van der Waals surface area contributed by atoms with Gasteiger partial charge in [0.15, 0.2) is 11.5 Å². The van der Waals surface area contributed by atoms with Gasteiger partial charge in [0.2, 0.25) is 5.91 Å². The molecule has 2 aliphatic rings. The van der Waals surface area contributed by atoms with Gasteiger partial charge in [0.1, 0.15) is 0 Å². The van der Waals surface area contributed by atoms with Gasteiger partial charge >= 0.3 is 0 Å². The molecule has 0 spiro atoms. The summed E-state index contributed by atoms with van der Waals surface area (Å²) >= 11 is 0. The van der Waals surface area contributed by atoms with Crippen LogP contribution in [-0.4, -0.2) is 31.1 Å². The maximum absolute atomic E-state index is 12.4. The van der Waals surface area contributed by atoms with Gasteiger partial charge < -0.3 is 14.4 Å². The molecule has 0 aromatic heterocycles. The molecule has 5 rings (SSSR count). The lowest BCUT2D eigenvalue weighted by Gasteiger charge is -2.33. The lowest BCUT2D eigenvalue weighted by molar-refractivity contribution is -0.129. The number of nitrogens with zero attached hydrogens (tertiary/aromatic N) is 1. The van der Waals surface area contributed by atoms with E-state index >= 15 is 0 Å². The molecule has 0 N–H and O–H groups in total. The van der Waals surface area contributed by atoms with Crippen molar-refractivity contribution in [2.75, 3.05) is 14.2 Å². The van der Waals surface area contributed by atoms with Crippen molar-refractivity contribution >= 4 is 27.5 Å². The average Bonchev–Trinajstić information content (AvgIpc) is 3.20. The Balaban J connectivity index is 0.000000385. The Morgan fingerprint density at radius 3 is 2.15 bits per heavy atom. The lowest BCUT2D eigenvalue weighted by Crippen LogP contribution is -2.38. The molecule has 2 aliphatic heterocycles. The van der Waals surface area contributed by atoms with E-state index in [4.69, 9.17) is 9.47 Å². The van der Waals surface area contributed by atoms with Crippen LogP contribution in [0.15, 0.2) is 30.3 Å². The normalized spacial score (nSPS) is 16.9. The summed E-state index contributed by atoms with van der Waals surface area (Å²) in [5, 5.41) is 4.88. The molecular weight excluding hydrogens is 410 g/mol. The van der Waals surface area contributed by atoms with Gasteiger partial charge in [-0.05, 0) is 64.6 Å². The first kappa shape index (κ1) is 23.4. The zero-order valence-corrected chi connectivity index (χ0v) is 20.8. The number of ether oxygens (including phenoxy) is 2. The number of carbonyl (C=O) groups excluding carboxylic acids is 1. The van der Waals surface area contributed by atoms with Crippen LogP contribution in [0.25, 0.3) is 21.5 Å². The Morgan fingerprint density at radius 2 is 1.52 bits per heavy atom. The number of amides is 1. The second-order valence-corrected chi connectivity index (χ2v) is 9.38. The van der Waals surface area contributed by atoms with E-state index in [9.17, 15) is 4.79 Å². The van der Waals surface area contributed by atoms with E-state index < -0.39 is 0 Å². The van der Waals surface area contributed by atoms with Crippen molar-refractivity contribution in [1.29, 1.82) is 0 Å². The first-order chi connectivity index (χ1) is 16.0. The molecule has 0 saturated carbocycles. The van der Waals surface area contributed by atoms with Crippen LogP contribution in [0.4, 0.5) is 0 Å². The Labute approximate surface area is 197 Å². The van der Waals surface area contributed by atoms with Gasteiger partial charge in [0, 0.05) is 19.0 Å². The molecule has 176 valence electrons. The van der Waals surface area contributed by atoms with Crippen LogP contribution < -0.4 is 9.47 Å². The third kappa shape index (κ3) is 4.40. The van der Waals surface area contributed by atoms with E-state index in [2.05, 4.69) is 56.0 Å². The average molecular weight is 448 g/mol. The number of rotatable bonds is 5. The van der Waals surface area contributed by atoms with Gasteiger partial charge in [-0.25, -0.2) is 0 Å². The van der Waals surface area contributed by atoms with Crippen molar-refractivity contribution < 1.29 is 14.3 Å². The number of carbonyl (C=O) groups is 1. The van der Waals surface area contributed by atoms with Crippen LogP contribution in [0, 0.1) is 6.92 Å². The molecule has 2 heterocycles. The summed E-state index contributed by atoms with van der Waals surface area (Å²) in [7, 11) is 3.34. The molecule has 1 fully saturated rings. The van der Waals surface area contributed by atoms with Crippen molar-refractivity contribution in [1.82, 2.24) is 4.90 Å². The van der Waals surface area contributed by atoms with Crippen LogP contribution >= 0.6 is 0 Å². The molecule has 1 atom stereocenters. The van der Waals surface area contributed by atoms with E-state index in [1.165, 1.54) is 58.5 Å². The molecule has 3 aromatic rings. The first-order valence-electron chi connectivity index (χ1n) is 12.4. The Hall–Kier alpha value is -2.75. The van der Waals surface area contributed by atoms with Gasteiger partial charge in [-0.1, -0.05) is 63.3 Å². The summed E-state index contributed by atoms with van der Waals surface area (Å²) in [5.74, 6) is 1.75. The fourth-order valence-corrected chi connectivity index (χ4v) is 5.36. The Kier molecular flexibility index (Phi) is 7.11. The topological polar surface area (TPSA) is 38.8 Å². The fourth-order valence-electron chi connectivity index (χ4n) is 5.36. The molecule has 1 amide bonds. The summed E-state index contributed by atoms with van der Waals surface area (Å²) in [6.07, 6.45) is 8.11. The molecule has 0 aliphatic carbocycles. The maximum atomic E-state index is 12.4. The van der Waals surface area contributed by atoms with E-state index in [1.54, 1.807) is 14.2 Å². The van der Waals surface area contributed by atoms with Crippen LogP contribution in [-0.2, 0) is 17.8 Å². The van der Waals surface area contributed by atoms with Gasteiger partial charge in [0.25, 0.3) is 0 Å². The highest BCUT2D eigenvalue weighted by atomic mass is 16.5. The monoisotopic (exact) mass is 447 g/mol. The number of hydrogen-bond donors (Lipinski definition) is 0. The van der Waals surface area contributed by atoms with Crippen molar-refractivity contribution in [3.05, 3.63) is 47.0 Å². The van der Waals surface area contributed by atoms with Gasteiger partial charge in [-0.15, -0.1) is 0 Å². The molecule has 3 aromatic carbocycles. The Morgan fingerprint density at radius 1 is 0.879 bits per heavy atom. The number of benzene rings is 3. The molecule has 0 bridgehead atoms. The van der Waals surface area contributed by atoms with E-state index in [-0.39, 0.29) is 5.91 Å². The molecule has 0 radical (unpaired) electrons. The highest BCUT2D eigenvalue weighted by Crippen LogP contribution is 2.43. The quantitative estimate of drug-likeness (QED) is 0.314. The van der Waals surface area contributed by atoms with Gasteiger partial charge in [-0.3, -0.25) is 4.79 Å². The number of aryl methyl sites for hydroxylation is 1. The third-order valence-electron chi connectivity index (χ3n) is 7.18. The minimum Gasteiger partial charge on any atom is -0.493 e. The predicted octanol–water partition coefficient (Wildman–Crippen LogP) is 6.95. The standard InChI is InChI=1S/C23H23NO3.C6H14/c1-13-4-6-15-16(8-13)18-10-21(26-2)22(27-3)11-19(18)20-12-24-14(9-17(15)20)5-7-23(24)25;1-3-5-6-4-2/h4,6,8,10-11,14H,5,7,9,12H2,1-3H3;3-6H2,1-2H3/t14-;/m0./s1. The molecule has 0 unspecified atom stereocenters. The number of methoxy groups -OCH3 is 2. The lowest BCUT2D eigenvalue weighted by atomic mass is 9.85. The van der Waals surface area contributed by atoms with E-state index in [0.29, 0.717) is 19.0 Å². The molecule has 4 heteroatoms.